The maximum Gasteiger partial charge on any atom is 0.222 e. The van der Waals surface area contributed by atoms with Gasteiger partial charge in [-0.2, -0.15) is 4.98 Å². The summed E-state index contributed by atoms with van der Waals surface area (Å²) in [6.45, 7) is -0.170. The van der Waals surface area contributed by atoms with Crippen LogP contribution in [0.15, 0.2) is 6.07 Å². The molecular formula is C5H8N4O. The van der Waals surface area contributed by atoms with Gasteiger partial charge >= 0.3 is 0 Å². The zero-order valence-electron chi connectivity index (χ0n) is 5.28. The summed E-state index contributed by atoms with van der Waals surface area (Å²) in [5.41, 5.74) is 10.9. The maximum atomic E-state index is 8.59. The molecule has 1 heterocycles. The molecule has 0 aromatic carbocycles. The average molecular weight is 140 g/mol. The molecule has 0 unspecified atom stereocenters. The molecule has 0 aliphatic carbocycles. The summed E-state index contributed by atoms with van der Waals surface area (Å²) in [6, 6.07) is 1.47. The lowest BCUT2D eigenvalue weighted by Crippen LogP contribution is -2.02. The van der Waals surface area contributed by atoms with E-state index in [0.717, 1.165) is 0 Å². The highest BCUT2D eigenvalue weighted by Crippen LogP contribution is 2.02. The van der Waals surface area contributed by atoms with Gasteiger partial charge in [-0.1, -0.05) is 0 Å². The molecule has 0 aliphatic heterocycles. The van der Waals surface area contributed by atoms with Crippen LogP contribution in [0.4, 0.5) is 11.8 Å². The first-order chi connectivity index (χ1) is 4.72. The normalized spacial score (nSPS) is 9.70. The van der Waals surface area contributed by atoms with E-state index in [1.165, 1.54) is 6.07 Å². The largest absolute Gasteiger partial charge is 0.390 e. The van der Waals surface area contributed by atoms with Crippen LogP contribution in [0, 0.1) is 0 Å². The van der Waals surface area contributed by atoms with Gasteiger partial charge in [-0.25, -0.2) is 4.98 Å². The number of hydrogen-bond acceptors (Lipinski definition) is 5. The van der Waals surface area contributed by atoms with Crippen molar-refractivity contribution < 1.29 is 5.11 Å². The third-order valence-corrected chi connectivity index (χ3v) is 0.978. The Morgan fingerprint density at radius 1 is 1.40 bits per heavy atom. The second-order valence-electron chi connectivity index (χ2n) is 1.80. The molecule has 0 spiro atoms. The minimum absolute atomic E-state index is 0.0871. The van der Waals surface area contributed by atoms with Gasteiger partial charge in [0.2, 0.25) is 5.95 Å². The van der Waals surface area contributed by atoms with E-state index in [0.29, 0.717) is 5.69 Å². The zero-order chi connectivity index (χ0) is 7.56. The van der Waals surface area contributed by atoms with E-state index < -0.39 is 0 Å². The fraction of sp³-hybridized carbons (Fsp3) is 0.200. The molecule has 10 heavy (non-hydrogen) atoms. The summed E-state index contributed by atoms with van der Waals surface area (Å²) in [7, 11) is 0. The number of nitrogen functional groups attached to an aromatic ring is 2. The molecule has 0 radical (unpaired) electrons. The highest BCUT2D eigenvalue weighted by Gasteiger charge is 1.96. The van der Waals surface area contributed by atoms with E-state index >= 15 is 0 Å². The first-order valence-electron chi connectivity index (χ1n) is 2.72. The van der Waals surface area contributed by atoms with Crippen LogP contribution in [-0.4, -0.2) is 15.1 Å². The van der Waals surface area contributed by atoms with E-state index in [9.17, 15) is 0 Å². The molecule has 0 saturated heterocycles. The van der Waals surface area contributed by atoms with Crippen molar-refractivity contribution in [3.05, 3.63) is 11.8 Å². The molecule has 0 amide bonds. The number of nitrogens with two attached hydrogens (primary N) is 2. The summed E-state index contributed by atoms with van der Waals surface area (Å²) in [6.07, 6.45) is 0. The van der Waals surface area contributed by atoms with Crippen LogP contribution < -0.4 is 11.5 Å². The van der Waals surface area contributed by atoms with Crippen molar-refractivity contribution in [2.24, 2.45) is 0 Å². The fourth-order valence-electron chi connectivity index (χ4n) is 0.621. The number of rotatable bonds is 1. The minimum atomic E-state index is -0.170. The lowest BCUT2D eigenvalue weighted by atomic mass is 10.4. The Bertz CT molecular complexity index is 217. The Kier molecular flexibility index (Phi) is 1.68. The van der Waals surface area contributed by atoms with E-state index in [4.69, 9.17) is 16.6 Å². The van der Waals surface area contributed by atoms with Crippen LogP contribution in [0.2, 0.25) is 0 Å². The van der Waals surface area contributed by atoms with Crippen LogP contribution in [-0.2, 0) is 6.61 Å². The third kappa shape index (κ3) is 1.32. The van der Waals surface area contributed by atoms with Crippen molar-refractivity contribution in [1.29, 1.82) is 0 Å². The van der Waals surface area contributed by atoms with Crippen LogP contribution in [0.5, 0.6) is 0 Å². The van der Waals surface area contributed by atoms with Crippen molar-refractivity contribution in [2.45, 2.75) is 6.61 Å². The second-order valence-corrected chi connectivity index (χ2v) is 1.80. The molecule has 1 aromatic heterocycles. The lowest BCUT2D eigenvalue weighted by Gasteiger charge is -1.97. The van der Waals surface area contributed by atoms with Gasteiger partial charge in [0.05, 0.1) is 12.3 Å². The van der Waals surface area contributed by atoms with Crippen molar-refractivity contribution in [1.82, 2.24) is 9.97 Å². The Morgan fingerprint density at radius 3 is 2.60 bits per heavy atom. The van der Waals surface area contributed by atoms with Gasteiger partial charge in [0, 0.05) is 6.07 Å². The van der Waals surface area contributed by atoms with Gasteiger partial charge in [-0.05, 0) is 0 Å². The van der Waals surface area contributed by atoms with E-state index in [2.05, 4.69) is 9.97 Å². The maximum absolute atomic E-state index is 8.59. The Morgan fingerprint density at radius 2 is 2.10 bits per heavy atom. The van der Waals surface area contributed by atoms with Crippen LogP contribution in [0.25, 0.3) is 0 Å². The van der Waals surface area contributed by atoms with E-state index in [1.807, 2.05) is 0 Å². The van der Waals surface area contributed by atoms with Crippen molar-refractivity contribution in [3.8, 4) is 0 Å². The zero-order valence-corrected chi connectivity index (χ0v) is 5.28. The topological polar surface area (TPSA) is 98.0 Å². The molecule has 0 fully saturated rings. The number of hydrogen-bond donors (Lipinski definition) is 3. The predicted octanol–water partition coefficient (Wildman–Crippen LogP) is -0.867. The lowest BCUT2D eigenvalue weighted by molar-refractivity contribution is 0.277. The SMILES string of the molecule is Nc1cc(CO)nc(N)n1. The second kappa shape index (κ2) is 2.49. The van der Waals surface area contributed by atoms with E-state index in [1.54, 1.807) is 0 Å². The van der Waals surface area contributed by atoms with Gasteiger partial charge in [0.15, 0.2) is 0 Å². The molecule has 0 aliphatic rings. The first-order valence-corrected chi connectivity index (χ1v) is 2.72. The number of aliphatic hydroxyl groups is 1. The molecule has 1 aromatic rings. The third-order valence-electron chi connectivity index (χ3n) is 0.978. The van der Waals surface area contributed by atoms with Gasteiger partial charge in [0.25, 0.3) is 0 Å². The van der Waals surface area contributed by atoms with Crippen molar-refractivity contribution in [3.63, 3.8) is 0 Å². The summed E-state index contributed by atoms with van der Waals surface area (Å²) in [5.74, 6) is 0.362. The van der Waals surface area contributed by atoms with Crippen molar-refractivity contribution in [2.75, 3.05) is 11.5 Å². The highest BCUT2D eigenvalue weighted by atomic mass is 16.3. The smallest absolute Gasteiger partial charge is 0.222 e. The van der Waals surface area contributed by atoms with Crippen molar-refractivity contribution >= 4 is 11.8 Å². The monoisotopic (exact) mass is 140 g/mol. The number of nitrogens with zero attached hydrogens (tertiary/aromatic N) is 2. The van der Waals surface area contributed by atoms with Gasteiger partial charge < -0.3 is 16.6 Å². The molecule has 0 bridgehead atoms. The number of aliphatic hydroxyl groups excluding tert-OH is 1. The minimum Gasteiger partial charge on any atom is -0.390 e. The Hall–Kier alpha value is -1.36. The standard InChI is InChI=1S/C5H8N4O/c6-4-1-3(2-10)8-5(7)9-4/h1,10H,2H2,(H4,6,7,8,9). The van der Waals surface area contributed by atoms with Crippen LogP contribution in [0.1, 0.15) is 5.69 Å². The molecule has 1 rings (SSSR count). The molecule has 0 atom stereocenters. The highest BCUT2D eigenvalue weighted by molar-refractivity contribution is 5.35. The first kappa shape index (κ1) is 6.76. The van der Waals surface area contributed by atoms with Crippen LogP contribution >= 0.6 is 0 Å². The Labute approximate surface area is 57.7 Å². The predicted molar refractivity (Wildman–Crippen MR) is 36.8 cm³/mol. The van der Waals surface area contributed by atoms with Gasteiger partial charge in [0.1, 0.15) is 5.82 Å². The summed E-state index contributed by atoms with van der Waals surface area (Å²) < 4.78 is 0. The van der Waals surface area contributed by atoms with E-state index in [-0.39, 0.29) is 18.4 Å². The molecule has 0 saturated carbocycles. The molecular weight excluding hydrogens is 132 g/mol. The molecule has 54 valence electrons. The molecule has 5 heteroatoms. The fourth-order valence-corrected chi connectivity index (χ4v) is 0.621. The average Bonchev–Trinajstić information content (AvgIpc) is 1.85. The Balaban J connectivity index is 3.06. The summed E-state index contributed by atoms with van der Waals surface area (Å²) in [4.78, 5) is 7.30. The van der Waals surface area contributed by atoms with Crippen LogP contribution in [0.3, 0.4) is 0 Å². The summed E-state index contributed by atoms with van der Waals surface area (Å²) >= 11 is 0. The molecule has 5 N–H and O–H groups in total. The summed E-state index contributed by atoms with van der Waals surface area (Å²) in [5, 5.41) is 8.59. The number of aromatic nitrogens is 2. The molecule has 5 nitrogen and oxygen atoms in total. The van der Waals surface area contributed by atoms with Gasteiger partial charge in [-0.15, -0.1) is 0 Å². The van der Waals surface area contributed by atoms with Gasteiger partial charge in [-0.3, -0.25) is 0 Å². The quantitative estimate of drug-likeness (QED) is 0.471. The number of anilines is 2.